The molecule has 4 aliphatic carbocycles. The molecule has 162 valence electrons. The number of hydrogen-bond donors (Lipinski definition) is 0. The van der Waals surface area contributed by atoms with Crippen LogP contribution < -0.4 is 0 Å². The van der Waals surface area contributed by atoms with Crippen molar-refractivity contribution < 1.29 is 14.5 Å². The summed E-state index contributed by atoms with van der Waals surface area (Å²) < 4.78 is 9.12. The molecule has 5 aliphatic rings. The third-order valence-corrected chi connectivity index (χ3v) is 8.96. The van der Waals surface area contributed by atoms with E-state index in [0.717, 1.165) is 37.5 Å². The summed E-state index contributed by atoms with van der Waals surface area (Å²) in [6.45, 7) is 4.39. The highest BCUT2D eigenvalue weighted by Crippen LogP contribution is 2.62. The van der Waals surface area contributed by atoms with E-state index in [2.05, 4.69) is 74.8 Å². The van der Waals surface area contributed by atoms with Crippen molar-refractivity contribution in [1.82, 2.24) is 0 Å². The molecular formula is C26H26Br2O3. The first-order valence-corrected chi connectivity index (χ1v) is 12.8. The Kier molecular flexibility index (Phi) is 5.19. The van der Waals surface area contributed by atoms with Crippen LogP contribution in [0.15, 0.2) is 64.1 Å². The van der Waals surface area contributed by atoms with Gasteiger partial charge in [0.05, 0.1) is 0 Å². The van der Waals surface area contributed by atoms with Crippen LogP contribution in [0.1, 0.15) is 49.3 Å². The summed E-state index contributed by atoms with van der Waals surface area (Å²) >= 11 is 7.07. The molecule has 7 rings (SSSR count). The number of rotatable bonds is 3. The second kappa shape index (κ2) is 7.81. The molecule has 2 aromatic carbocycles. The zero-order chi connectivity index (χ0) is 21.2. The van der Waals surface area contributed by atoms with Crippen LogP contribution in [0.3, 0.4) is 0 Å². The van der Waals surface area contributed by atoms with Crippen molar-refractivity contribution in [3.05, 3.63) is 75.2 Å². The highest BCUT2D eigenvalue weighted by Gasteiger charge is 2.63. The molecule has 1 heterocycles. The Morgan fingerprint density at radius 2 is 1.35 bits per heavy atom. The van der Waals surface area contributed by atoms with Crippen molar-refractivity contribution in [2.24, 2.45) is 23.7 Å². The van der Waals surface area contributed by atoms with Crippen LogP contribution >= 0.6 is 31.9 Å². The average molecular weight is 546 g/mol. The smallest absolute Gasteiger partial charge is 0.208 e. The second-order valence-corrected chi connectivity index (χ2v) is 11.6. The summed E-state index contributed by atoms with van der Waals surface area (Å²) in [6, 6.07) is 16.5. The quantitative estimate of drug-likeness (QED) is 0.374. The first-order valence-electron chi connectivity index (χ1n) is 11.2. The first kappa shape index (κ1) is 20.6. The fraction of sp³-hybridized carbons (Fsp3) is 0.462. The van der Waals surface area contributed by atoms with Gasteiger partial charge in [0.25, 0.3) is 0 Å². The lowest BCUT2D eigenvalue weighted by molar-refractivity contribution is -0.533. The molecule has 4 saturated carbocycles. The fourth-order valence-electron chi connectivity index (χ4n) is 6.59. The van der Waals surface area contributed by atoms with Crippen LogP contribution in [0.2, 0.25) is 0 Å². The van der Waals surface area contributed by atoms with E-state index in [0.29, 0.717) is 11.8 Å². The van der Waals surface area contributed by atoms with Crippen molar-refractivity contribution in [1.29, 1.82) is 0 Å². The lowest BCUT2D eigenvalue weighted by Gasteiger charge is -2.61. The summed E-state index contributed by atoms with van der Waals surface area (Å²) in [5.74, 6) is 1.89. The third kappa shape index (κ3) is 3.48. The van der Waals surface area contributed by atoms with Gasteiger partial charge in [-0.3, -0.25) is 0 Å². The van der Waals surface area contributed by atoms with E-state index in [-0.39, 0.29) is 6.10 Å². The number of ether oxygens (including phenoxy) is 1. The predicted molar refractivity (Wildman–Crippen MR) is 127 cm³/mol. The highest BCUT2D eigenvalue weighted by atomic mass is 79.9. The molecule has 0 N–H and O–H groups in total. The second-order valence-electron chi connectivity index (χ2n) is 9.75. The minimum Gasteiger partial charge on any atom is -0.335 e. The van der Waals surface area contributed by atoms with Gasteiger partial charge in [-0.1, -0.05) is 62.7 Å². The van der Waals surface area contributed by atoms with Gasteiger partial charge in [0.2, 0.25) is 5.79 Å². The van der Waals surface area contributed by atoms with Gasteiger partial charge in [0.15, 0.2) is 0 Å². The van der Waals surface area contributed by atoms with Crippen LogP contribution in [0.4, 0.5) is 0 Å². The molecule has 5 heteroatoms. The molecule has 2 aromatic rings. The Labute approximate surface area is 200 Å². The van der Waals surface area contributed by atoms with Gasteiger partial charge < -0.3 is 4.74 Å². The molecular weight excluding hydrogens is 520 g/mol. The van der Waals surface area contributed by atoms with Crippen LogP contribution in [-0.2, 0) is 14.5 Å². The van der Waals surface area contributed by atoms with Gasteiger partial charge in [-0.2, -0.15) is 4.89 Å². The minimum absolute atomic E-state index is 0.254. The van der Waals surface area contributed by atoms with Crippen LogP contribution in [0.25, 0.3) is 5.57 Å². The van der Waals surface area contributed by atoms with Gasteiger partial charge in [-0.05, 0) is 84.9 Å². The van der Waals surface area contributed by atoms with E-state index in [4.69, 9.17) is 14.5 Å². The first-order chi connectivity index (χ1) is 15.0. The van der Waals surface area contributed by atoms with Gasteiger partial charge in [0.1, 0.15) is 12.2 Å². The molecule has 1 saturated heterocycles. The van der Waals surface area contributed by atoms with E-state index < -0.39 is 11.9 Å². The third-order valence-electron chi connectivity index (χ3n) is 7.90. The zero-order valence-corrected chi connectivity index (χ0v) is 20.5. The molecule has 3 nitrogen and oxygen atoms in total. The van der Waals surface area contributed by atoms with Crippen molar-refractivity contribution in [3.63, 3.8) is 0 Å². The molecule has 1 aliphatic heterocycles. The van der Waals surface area contributed by atoms with E-state index >= 15 is 0 Å². The van der Waals surface area contributed by atoms with Crippen molar-refractivity contribution in [3.8, 4) is 0 Å². The maximum atomic E-state index is 7.02. The molecule has 4 bridgehead atoms. The lowest BCUT2D eigenvalue weighted by atomic mass is 9.53. The summed E-state index contributed by atoms with van der Waals surface area (Å²) in [5.41, 5.74) is 3.01. The summed E-state index contributed by atoms with van der Waals surface area (Å²) in [7, 11) is 0. The lowest BCUT2D eigenvalue weighted by Crippen LogP contribution is -2.63. The van der Waals surface area contributed by atoms with Crippen LogP contribution in [-0.4, -0.2) is 11.9 Å². The van der Waals surface area contributed by atoms with E-state index in [1.165, 1.54) is 32.1 Å². The van der Waals surface area contributed by atoms with Gasteiger partial charge in [-0.15, -0.1) is 0 Å². The van der Waals surface area contributed by atoms with Gasteiger partial charge in [0, 0.05) is 20.8 Å². The van der Waals surface area contributed by atoms with E-state index in [1.54, 1.807) is 0 Å². The summed E-state index contributed by atoms with van der Waals surface area (Å²) in [5, 5.41) is 0. The summed E-state index contributed by atoms with van der Waals surface area (Å²) in [4.78, 5) is 12.5. The average Bonchev–Trinajstić information content (AvgIpc) is 2.77. The largest absolute Gasteiger partial charge is 0.335 e. The normalized spacial score (nSPS) is 38.5. The van der Waals surface area contributed by atoms with Gasteiger partial charge >= 0.3 is 0 Å². The van der Waals surface area contributed by atoms with Gasteiger partial charge in [-0.25, -0.2) is 4.89 Å². The van der Waals surface area contributed by atoms with Crippen LogP contribution in [0, 0.1) is 23.7 Å². The molecule has 0 aromatic heterocycles. The van der Waals surface area contributed by atoms with E-state index in [1.807, 2.05) is 12.1 Å². The molecule has 5 fully saturated rings. The zero-order valence-electron chi connectivity index (χ0n) is 17.3. The Hall–Kier alpha value is -0.980. The molecule has 0 radical (unpaired) electrons. The highest BCUT2D eigenvalue weighted by molar-refractivity contribution is 9.10. The van der Waals surface area contributed by atoms with Crippen molar-refractivity contribution in [2.45, 2.75) is 50.1 Å². The maximum Gasteiger partial charge on any atom is 0.208 e. The van der Waals surface area contributed by atoms with Crippen LogP contribution in [0.5, 0.6) is 0 Å². The Bertz CT molecular complexity index is 957. The van der Waals surface area contributed by atoms with E-state index in [9.17, 15) is 0 Å². The molecule has 31 heavy (non-hydrogen) atoms. The maximum absolute atomic E-state index is 7.02. The Morgan fingerprint density at radius 1 is 0.806 bits per heavy atom. The van der Waals surface area contributed by atoms with Crippen molar-refractivity contribution >= 4 is 37.4 Å². The topological polar surface area (TPSA) is 27.7 Å². The molecule has 2 atom stereocenters. The fourth-order valence-corrected chi connectivity index (χ4v) is 7.12. The Balaban J connectivity index is 1.36. The number of halogens is 2. The molecule has 1 spiro atoms. The van der Waals surface area contributed by atoms with Crippen molar-refractivity contribution in [2.75, 3.05) is 0 Å². The summed E-state index contributed by atoms with van der Waals surface area (Å²) in [6.07, 6.45) is 5.52. The minimum atomic E-state index is -0.623. The molecule has 0 amide bonds. The number of hydrogen-bond acceptors (Lipinski definition) is 3. The SMILES string of the molecule is C=C(c1ccc(Br)cc1)[C@H]1OOC2(O[C@@H]1c1ccc(Br)cc1)C1CC3CC(C1)CC2C3. The Morgan fingerprint density at radius 3 is 1.94 bits per heavy atom. The monoisotopic (exact) mass is 544 g/mol. The molecule has 0 unspecified atom stereocenters. The predicted octanol–water partition coefficient (Wildman–Crippen LogP) is 7.47. The standard InChI is InChI=1S/C26H26Br2O3/c1-15(18-2-6-22(27)7-3-18)24-25(19-4-8-23(28)9-5-19)29-26(31-30-24)20-11-16-10-17(13-20)14-21(26)12-16/h2-9,16-17,20-21,24-25H,1,10-14H2/t16?,17?,20?,21?,24-,25-,26?/m1/s1. The number of benzene rings is 2.